The van der Waals surface area contributed by atoms with E-state index in [-0.39, 0.29) is 5.97 Å². The van der Waals surface area contributed by atoms with Crippen LogP contribution in [0.15, 0.2) is 0 Å². The van der Waals surface area contributed by atoms with Crippen molar-refractivity contribution >= 4 is 11.9 Å². The van der Waals surface area contributed by atoms with Gasteiger partial charge in [-0.2, -0.15) is 0 Å². The molecule has 0 bridgehead atoms. The molecule has 0 rings (SSSR count). The van der Waals surface area contributed by atoms with Crippen LogP contribution < -0.4 is 0 Å². The average molecular weight is 232 g/mol. The molecule has 16 heavy (non-hydrogen) atoms. The van der Waals surface area contributed by atoms with Gasteiger partial charge >= 0.3 is 11.9 Å². The first-order chi connectivity index (χ1) is 7.25. The summed E-state index contributed by atoms with van der Waals surface area (Å²) in [5.41, 5.74) is 0. The van der Waals surface area contributed by atoms with Gasteiger partial charge in [0.25, 0.3) is 0 Å². The molecule has 96 valence electrons. The lowest BCUT2D eigenvalue weighted by Gasteiger charge is -2.02. The zero-order valence-corrected chi connectivity index (χ0v) is 10.9. The quantitative estimate of drug-likeness (QED) is 0.740. The summed E-state index contributed by atoms with van der Waals surface area (Å²) in [6.45, 7) is 10.00. The van der Waals surface area contributed by atoms with E-state index in [4.69, 9.17) is 5.11 Å². The SMILES string of the molecule is CC(=O)OCC(C)C.CC(C)CCC(=O)O. The fraction of sp³-hybridized carbons (Fsp3) is 0.833. The number of esters is 1. The lowest BCUT2D eigenvalue weighted by Crippen LogP contribution is -2.05. The first-order valence-corrected chi connectivity index (χ1v) is 5.60. The summed E-state index contributed by atoms with van der Waals surface area (Å²) in [6.07, 6.45) is 1.09. The molecule has 1 N–H and O–H groups in total. The summed E-state index contributed by atoms with van der Waals surface area (Å²) in [5.74, 6) is 0.0578. The molecule has 0 heterocycles. The van der Waals surface area contributed by atoms with Crippen LogP contribution in [0.3, 0.4) is 0 Å². The van der Waals surface area contributed by atoms with E-state index in [1.54, 1.807) is 0 Å². The zero-order valence-electron chi connectivity index (χ0n) is 10.9. The Morgan fingerprint density at radius 2 is 1.62 bits per heavy atom. The fourth-order valence-corrected chi connectivity index (χ4v) is 0.696. The lowest BCUT2D eigenvalue weighted by molar-refractivity contribution is -0.142. The van der Waals surface area contributed by atoms with E-state index in [2.05, 4.69) is 4.74 Å². The highest BCUT2D eigenvalue weighted by Crippen LogP contribution is 2.01. The molecular weight excluding hydrogens is 208 g/mol. The molecule has 0 radical (unpaired) electrons. The maximum atomic E-state index is 10.1. The van der Waals surface area contributed by atoms with Crippen LogP contribution in [0.25, 0.3) is 0 Å². The average Bonchev–Trinajstić information content (AvgIpc) is 2.12. The second-order valence-corrected chi connectivity index (χ2v) is 4.52. The van der Waals surface area contributed by atoms with Crippen LogP contribution in [0.1, 0.15) is 47.5 Å². The van der Waals surface area contributed by atoms with Crippen molar-refractivity contribution in [1.82, 2.24) is 0 Å². The van der Waals surface area contributed by atoms with Crippen molar-refractivity contribution in [1.29, 1.82) is 0 Å². The van der Waals surface area contributed by atoms with Crippen molar-refractivity contribution in [3.05, 3.63) is 0 Å². The van der Waals surface area contributed by atoms with Crippen molar-refractivity contribution in [2.45, 2.75) is 47.5 Å². The zero-order chi connectivity index (χ0) is 13.1. The van der Waals surface area contributed by atoms with Gasteiger partial charge in [0.1, 0.15) is 0 Å². The Bertz CT molecular complexity index is 175. The maximum Gasteiger partial charge on any atom is 0.303 e. The number of ether oxygens (including phenoxy) is 1. The van der Waals surface area contributed by atoms with E-state index < -0.39 is 5.97 Å². The molecule has 0 aromatic rings. The van der Waals surface area contributed by atoms with Crippen molar-refractivity contribution in [3.63, 3.8) is 0 Å². The number of rotatable bonds is 5. The molecular formula is C12H24O4. The van der Waals surface area contributed by atoms with E-state index >= 15 is 0 Å². The van der Waals surface area contributed by atoms with Gasteiger partial charge in [-0.05, 0) is 18.3 Å². The largest absolute Gasteiger partial charge is 0.481 e. The monoisotopic (exact) mass is 232 g/mol. The molecule has 0 saturated heterocycles. The minimum atomic E-state index is -0.696. The van der Waals surface area contributed by atoms with Crippen LogP contribution in [-0.4, -0.2) is 23.7 Å². The third-order valence-electron chi connectivity index (χ3n) is 1.56. The summed E-state index contributed by atoms with van der Waals surface area (Å²) in [6, 6.07) is 0. The maximum absolute atomic E-state index is 10.1. The van der Waals surface area contributed by atoms with E-state index in [0.29, 0.717) is 24.9 Å². The molecule has 0 aliphatic rings. The van der Waals surface area contributed by atoms with Crippen LogP contribution in [0.4, 0.5) is 0 Å². The van der Waals surface area contributed by atoms with Crippen molar-refractivity contribution in [2.24, 2.45) is 11.8 Å². The smallest absolute Gasteiger partial charge is 0.303 e. The van der Waals surface area contributed by atoms with Crippen molar-refractivity contribution in [3.8, 4) is 0 Å². The minimum Gasteiger partial charge on any atom is -0.481 e. The van der Waals surface area contributed by atoms with E-state index in [0.717, 1.165) is 6.42 Å². The molecule has 0 aliphatic heterocycles. The number of carbonyl (C=O) groups excluding carboxylic acids is 1. The molecule has 0 atom stereocenters. The van der Waals surface area contributed by atoms with E-state index in [1.807, 2.05) is 27.7 Å². The lowest BCUT2D eigenvalue weighted by atomic mass is 10.1. The highest BCUT2D eigenvalue weighted by molar-refractivity contribution is 5.66. The Kier molecular flexibility index (Phi) is 11.3. The number of aliphatic carboxylic acids is 1. The molecule has 0 aromatic carbocycles. The Morgan fingerprint density at radius 1 is 1.12 bits per heavy atom. The summed E-state index contributed by atoms with van der Waals surface area (Å²) < 4.78 is 4.66. The Morgan fingerprint density at radius 3 is 1.75 bits per heavy atom. The van der Waals surface area contributed by atoms with Gasteiger partial charge in [-0.25, -0.2) is 0 Å². The van der Waals surface area contributed by atoms with Crippen LogP contribution in [-0.2, 0) is 14.3 Å². The van der Waals surface area contributed by atoms with Gasteiger partial charge in [-0.1, -0.05) is 27.7 Å². The standard InChI is InChI=1S/2C6H12O2/c1-5(2)4-8-6(3)7;1-5(2)3-4-6(7)8/h5H,4H2,1-3H3;5H,3-4H2,1-2H3,(H,7,8). The van der Waals surface area contributed by atoms with Gasteiger partial charge in [-0.3, -0.25) is 9.59 Å². The second-order valence-electron chi connectivity index (χ2n) is 4.52. The Balaban J connectivity index is 0. The molecule has 4 nitrogen and oxygen atoms in total. The summed E-state index contributed by atoms with van der Waals surface area (Å²) in [5, 5.41) is 8.16. The Hall–Kier alpha value is -1.06. The summed E-state index contributed by atoms with van der Waals surface area (Å²) >= 11 is 0. The van der Waals surface area contributed by atoms with Crippen LogP contribution in [0, 0.1) is 11.8 Å². The highest BCUT2D eigenvalue weighted by Gasteiger charge is 1.98. The van der Waals surface area contributed by atoms with Crippen LogP contribution in [0.2, 0.25) is 0 Å². The van der Waals surface area contributed by atoms with E-state index in [9.17, 15) is 9.59 Å². The predicted octanol–water partition coefficient (Wildman–Crippen LogP) is 2.71. The van der Waals surface area contributed by atoms with Gasteiger partial charge in [0.15, 0.2) is 0 Å². The Labute approximate surface area is 98.0 Å². The van der Waals surface area contributed by atoms with Gasteiger partial charge in [0.05, 0.1) is 6.61 Å². The van der Waals surface area contributed by atoms with Gasteiger partial charge < -0.3 is 9.84 Å². The summed E-state index contributed by atoms with van der Waals surface area (Å²) in [4.78, 5) is 20.0. The molecule has 0 fully saturated rings. The van der Waals surface area contributed by atoms with Gasteiger partial charge in [-0.15, -0.1) is 0 Å². The van der Waals surface area contributed by atoms with Crippen LogP contribution in [0.5, 0.6) is 0 Å². The van der Waals surface area contributed by atoms with Gasteiger partial charge in [0.2, 0.25) is 0 Å². The molecule has 0 unspecified atom stereocenters. The molecule has 0 saturated carbocycles. The molecule has 0 aliphatic carbocycles. The number of carboxylic acids is 1. The first-order valence-electron chi connectivity index (χ1n) is 5.60. The highest BCUT2D eigenvalue weighted by atomic mass is 16.5. The predicted molar refractivity (Wildman–Crippen MR) is 63.2 cm³/mol. The molecule has 0 aromatic heterocycles. The minimum absolute atomic E-state index is 0.196. The topological polar surface area (TPSA) is 63.6 Å². The van der Waals surface area contributed by atoms with Crippen molar-refractivity contribution in [2.75, 3.05) is 6.61 Å². The fourth-order valence-electron chi connectivity index (χ4n) is 0.696. The van der Waals surface area contributed by atoms with Crippen molar-refractivity contribution < 1.29 is 19.4 Å². The van der Waals surface area contributed by atoms with Crippen LogP contribution >= 0.6 is 0 Å². The summed E-state index contributed by atoms with van der Waals surface area (Å²) in [7, 11) is 0. The van der Waals surface area contributed by atoms with E-state index in [1.165, 1.54) is 6.92 Å². The number of carboxylic acid groups (broad SMARTS) is 1. The number of hydrogen-bond donors (Lipinski definition) is 1. The third kappa shape index (κ3) is 23.1. The third-order valence-corrected chi connectivity index (χ3v) is 1.56. The number of carbonyl (C=O) groups is 2. The van der Waals surface area contributed by atoms with Gasteiger partial charge in [0, 0.05) is 13.3 Å². The molecule has 4 heteroatoms. The number of hydrogen-bond acceptors (Lipinski definition) is 3. The first kappa shape index (κ1) is 17.3. The normalized spacial score (nSPS) is 9.69. The molecule has 0 amide bonds. The molecule has 0 spiro atoms. The second kappa shape index (κ2) is 10.5.